The van der Waals surface area contributed by atoms with Crippen molar-refractivity contribution < 1.29 is 5.11 Å². The number of hydrogen-bond acceptors (Lipinski definition) is 1. The molecule has 3 aliphatic rings. The minimum Gasteiger partial charge on any atom is -0.508 e. The second-order valence-corrected chi connectivity index (χ2v) is 8.28. The van der Waals surface area contributed by atoms with E-state index in [9.17, 15) is 5.11 Å². The first kappa shape index (κ1) is 13.7. The highest BCUT2D eigenvalue weighted by Crippen LogP contribution is 2.62. The highest BCUT2D eigenvalue weighted by molar-refractivity contribution is 5.45. The van der Waals surface area contributed by atoms with Crippen molar-refractivity contribution in [2.24, 2.45) is 23.2 Å². The molecular formula is C20H28O. The molecule has 0 aromatic heterocycles. The minimum absolute atomic E-state index is 0.488. The van der Waals surface area contributed by atoms with Gasteiger partial charge in [-0.3, -0.25) is 0 Å². The molecule has 0 radical (unpaired) electrons. The van der Waals surface area contributed by atoms with Gasteiger partial charge in [-0.2, -0.15) is 0 Å². The molecular weight excluding hydrogens is 256 g/mol. The van der Waals surface area contributed by atoms with Crippen LogP contribution in [-0.2, 0) is 6.42 Å². The molecule has 2 fully saturated rings. The molecule has 21 heavy (non-hydrogen) atoms. The minimum atomic E-state index is 0.488. The number of phenols is 1. The molecule has 2 saturated carbocycles. The third-order valence-corrected chi connectivity index (χ3v) is 7.52. The quantitative estimate of drug-likeness (QED) is 0.695. The molecule has 4 rings (SSSR count). The van der Waals surface area contributed by atoms with Crippen molar-refractivity contribution in [3.63, 3.8) is 0 Å². The van der Waals surface area contributed by atoms with Gasteiger partial charge in [0.25, 0.3) is 0 Å². The van der Waals surface area contributed by atoms with E-state index in [2.05, 4.69) is 19.9 Å². The van der Waals surface area contributed by atoms with Crippen molar-refractivity contribution in [3.8, 4) is 5.75 Å². The van der Waals surface area contributed by atoms with Crippen molar-refractivity contribution >= 4 is 0 Å². The Labute approximate surface area is 128 Å². The van der Waals surface area contributed by atoms with E-state index in [0.717, 1.165) is 29.2 Å². The Kier molecular flexibility index (Phi) is 2.93. The van der Waals surface area contributed by atoms with Crippen molar-refractivity contribution in [1.82, 2.24) is 0 Å². The molecule has 0 heterocycles. The second-order valence-electron chi connectivity index (χ2n) is 8.28. The smallest absolute Gasteiger partial charge is 0.118 e. The van der Waals surface area contributed by atoms with Crippen LogP contribution < -0.4 is 0 Å². The molecule has 1 aromatic carbocycles. The molecule has 1 aromatic rings. The van der Waals surface area contributed by atoms with Crippen LogP contribution in [0.5, 0.6) is 5.75 Å². The zero-order valence-electron chi connectivity index (χ0n) is 13.7. The van der Waals surface area contributed by atoms with Gasteiger partial charge in [0.15, 0.2) is 0 Å². The fourth-order valence-electron chi connectivity index (χ4n) is 5.98. The highest BCUT2D eigenvalue weighted by atomic mass is 16.3. The van der Waals surface area contributed by atoms with Crippen LogP contribution in [0.3, 0.4) is 0 Å². The largest absolute Gasteiger partial charge is 0.508 e. The van der Waals surface area contributed by atoms with Gasteiger partial charge < -0.3 is 5.11 Å². The Morgan fingerprint density at radius 1 is 1.14 bits per heavy atom. The molecule has 0 saturated heterocycles. The number of benzene rings is 1. The molecule has 0 aliphatic heterocycles. The average molecular weight is 284 g/mol. The molecule has 0 bridgehead atoms. The number of aromatic hydroxyl groups is 1. The van der Waals surface area contributed by atoms with Crippen LogP contribution in [-0.4, -0.2) is 5.11 Å². The van der Waals surface area contributed by atoms with Crippen LogP contribution in [0, 0.1) is 30.1 Å². The maximum Gasteiger partial charge on any atom is 0.118 e. The molecule has 1 nitrogen and oxygen atoms in total. The average Bonchev–Trinajstić information content (AvgIpc) is 2.76. The Morgan fingerprint density at radius 2 is 1.95 bits per heavy atom. The SMILES string of the molecule is Cc1cc2c(cc1O)CCC1C2CC[C@]2(C)C(C)CCC12. The summed E-state index contributed by atoms with van der Waals surface area (Å²) in [6.45, 7) is 7.10. The normalized spacial score (nSPS) is 41.3. The van der Waals surface area contributed by atoms with Crippen LogP contribution in [0.25, 0.3) is 0 Å². The molecule has 114 valence electrons. The van der Waals surface area contributed by atoms with E-state index in [1.165, 1.54) is 44.1 Å². The number of fused-ring (bicyclic) bond motifs is 5. The summed E-state index contributed by atoms with van der Waals surface area (Å²) in [7, 11) is 0. The van der Waals surface area contributed by atoms with E-state index in [4.69, 9.17) is 0 Å². The van der Waals surface area contributed by atoms with Crippen molar-refractivity contribution in [3.05, 3.63) is 28.8 Å². The van der Waals surface area contributed by atoms with Gasteiger partial charge >= 0.3 is 0 Å². The van der Waals surface area contributed by atoms with E-state index in [0.29, 0.717) is 11.2 Å². The summed E-state index contributed by atoms with van der Waals surface area (Å²) >= 11 is 0. The van der Waals surface area contributed by atoms with Crippen LogP contribution >= 0.6 is 0 Å². The van der Waals surface area contributed by atoms with Gasteiger partial charge in [-0.1, -0.05) is 19.9 Å². The van der Waals surface area contributed by atoms with Crippen LogP contribution in [0.1, 0.15) is 68.6 Å². The second kappa shape index (κ2) is 4.51. The van der Waals surface area contributed by atoms with Gasteiger partial charge in [-0.15, -0.1) is 0 Å². The van der Waals surface area contributed by atoms with Crippen molar-refractivity contribution in [1.29, 1.82) is 0 Å². The van der Waals surface area contributed by atoms with Gasteiger partial charge in [0.2, 0.25) is 0 Å². The van der Waals surface area contributed by atoms with E-state index < -0.39 is 0 Å². The lowest BCUT2D eigenvalue weighted by molar-refractivity contribution is 0.0336. The van der Waals surface area contributed by atoms with Gasteiger partial charge in [0.05, 0.1) is 0 Å². The Bertz CT molecular complexity index is 575. The number of hydrogen-bond donors (Lipinski definition) is 1. The number of aryl methyl sites for hydroxylation is 2. The fourth-order valence-corrected chi connectivity index (χ4v) is 5.98. The van der Waals surface area contributed by atoms with Gasteiger partial charge in [-0.25, -0.2) is 0 Å². The Morgan fingerprint density at radius 3 is 2.76 bits per heavy atom. The molecule has 5 atom stereocenters. The highest BCUT2D eigenvalue weighted by Gasteiger charge is 2.53. The summed E-state index contributed by atoms with van der Waals surface area (Å²) < 4.78 is 0. The zero-order valence-corrected chi connectivity index (χ0v) is 13.7. The zero-order chi connectivity index (χ0) is 14.8. The van der Waals surface area contributed by atoms with E-state index >= 15 is 0 Å². The third kappa shape index (κ3) is 1.82. The molecule has 1 heteroatoms. The van der Waals surface area contributed by atoms with E-state index in [-0.39, 0.29) is 0 Å². The Hall–Kier alpha value is -0.980. The van der Waals surface area contributed by atoms with Crippen LogP contribution in [0.15, 0.2) is 12.1 Å². The fraction of sp³-hybridized carbons (Fsp3) is 0.700. The summed E-state index contributed by atoms with van der Waals surface area (Å²) in [6.07, 6.45) is 8.16. The predicted octanol–water partition coefficient (Wildman–Crippen LogP) is 5.19. The van der Waals surface area contributed by atoms with E-state index in [1.807, 2.05) is 13.0 Å². The monoisotopic (exact) mass is 284 g/mol. The predicted molar refractivity (Wildman–Crippen MR) is 86.6 cm³/mol. The Balaban J connectivity index is 1.73. The molecule has 0 amide bonds. The summed E-state index contributed by atoms with van der Waals surface area (Å²) in [4.78, 5) is 0. The van der Waals surface area contributed by atoms with Crippen molar-refractivity contribution in [2.45, 2.75) is 65.2 Å². The molecule has 3 aliphatic carbocycles. The first-order valence-electron chi connectivity index (χ1n) is 8.83. The first-order chi connectivity index (χ1) is 10.0. The summed E-state index contributed by atoms with van der Waals surface area (Å²) in [5, 5.41) is 10.00. The van der Waals surface area contributed by atoms with E-state index in [1.54, 1.807) is 5.56 Å². The molecule has 0 spiro atoms. The first-order valence-corrected chi connectivity index (χ1v) is 8.83. The lowest BCUT2D eigenvalue weighted by Crippen LogP contribution is -2.41. The lowest BCUT2D eigenvalue weighted by atomic mass is 9.54. The lowest BCUT2D eigenvalue weighted by Gasteiger charge is -2.50. The van der Waals surface area contributed by atoms with Crippen LogP contribution in [0.2, 0.25) is 0 Å². The summed E-state index contributed by atoms with van der Waals surface area (Å²) in [5.41, 5.74) is 4.66. The summed E-state index contributed by atoms with van der Waals surface area (Å²) in [6, 6.07) is 4.34. The standard InChI is InChI=1S/C20H28O/c1-12-10-17-14(11-19(12)21)5-6-16-15(17)8-9-20(3)13(2)4-7-18(16)20/h10-11,13,15-16,18,21H,4-9H2,1-3H3/t13?,15?,16?,18?,20-/m1/s1. The molecule has 4 unspecified atom stereocenters. The van der Waals surface area contributed by atoms with Gasteiger partial charge in [0.1, 0.15) is 5.75 Å². The van der Waals surface area contributed by atoms with Gasteiger partial charge in [0, 0.05) is 0 Å². The van der Waals surface area contributed by atoms with Crippen LogP contribution in [0.4, 0.5) is 0 Å². The number of rotatable bonds is 0. The molecule has 1 N–H and O–H groups in total. The maximum atomic E-state index is 10.00. The number of phenolic OH excluding ortho intramolecular Hbond substituents is 1. The topological polar surface area (TPSA) is 20.2 Å². The van der Waals surface area contributed by atoms with Gasteiger partial charge in [-0.05, 0) is 97.3 Å². The summed E-state index contributed by atoms with van der Waals surface area (Å²) in [5.74, 6) is 3.99. The third-order valence-electron chi connectivity index (χ3n) is 7.52. The van der Waals surface area contributed by atoms with Crippen molar-refractivity contribution in [2.75, 3.05) is 0 Å². The maximum absolute atomic E-state index is 10.00.